The van der Waals surface area contributed by atoms with Crippen LogP contribution in [0, 0.1) is 0 Å². The van der Waals surface area contributed by atoms with Crippen LogP contribution in [0.2, 0.25) is 0 Å². The van der Waals surface area contributed by atoms with E-state index in [9.17, 15) is 22.8 Å². The second-order valence-electron chi connectivity index (χ2n) is 6.47. The van der Waals surface area contributed by atoms with Gasteiger partial charge in [0.05, 0.1) is 23.7 Å². The first kappa shape index (κ1) is 22.9. The van der Waals surface area contributed by atoms with Crippen LogP contribution in [0.3, 0.4) is 0 Å². The van der Waals surface area contributed by atoms with Crippen molar-refractivity contribution in [2.45, 2.75) is 26.3 Å². The lowest BCUT2D eigenvalue weighted by molar-refractivity contribution is -0.176. The highest BCUT2D eigenvalue weighted by Gasteiger charge is 2.27. The highest BCUT2D eigenvalue weighted by Crippen LogP contribution is 2.31. The molecule has 31 heavy (non-hydrogen) atoms. The van der Waals surface area contributed by atoms with Crippen molar-refractivity contribution < 1.29 is 27.5 Å². The Kier molecular flexibility index (Phi) is 7.42. The third-order valence-electron chi connectivity index (χ3n) is 3.90. The Morgan fingerprint density at radius 1 is 1.13 bits per heavy atom. The molecule has 0 unspecified atom stereocenters. The number of carbonyl (C=O) groups excluding carboxylic acids is 2. The molecular formula is C20H18F3N3O3S2. The van der Waals surface area contributed by atoms with E-state index in [1.165, 1.54) is 41.7 Å². The molecule has 0 aliphatic carbocycles. The zero-order chi connectivity index (χ0) is 22.4. The number of halogens is 3. The molecule has 11 heteroatoms. The Labute approximate surface area is 184 Å². The van der Waals surface area contributed by atoms with Gasteiger partial charge in [0.2, 0.25) is 5.91 Å². The molecule has 2 aromatic heterocycles. The van der Waals surface area contributed by atoms with Crippen molar-refractivity contribution in [2.75, 3.05) is 11.9 Å². The van der Waals surface area contributed by atoms with E-state index in [2.05, 4.69) is 20.4 Å². The number of thiazole rings is 1. The first-order valence-corrected chi connectivity index (χ1v) is 10.7. The minimum atomic E-state index is -4.37. The molecule has 0 spiro atoms. The second kappa shape index (κ2) is 10.0. The van der Waals surface area contributed by atoms with Crippen molar-refractivity contribution >= 4 is 39.6 Å². The number of anilines is 1. The van der Waals surface area contributed by atoms with Gasteiger partial charge in [-0.3, -0.25) is 14.9 Å². The number of thiophene rings is 1. The van der Waals surface area contributed by atoms with Crippen molar-refractivity contribution in [3.8, 4) is 10.6 Å². The molecule has 3 aromatic rings. The first-order chi connectivity index (χ1) is 14.7. The predicted octanol–water partition coefficient (Wildman–Crippen LogP) is 4.84. The van der Waals surface area contributed by atoms with Crippen LogP contribution < -0.4 is 10.6 Å². The standard InChI is InChI=1S/C20H18F3N3O3S2/c1-12(27)24-8-15-6-7-17(31-15)16-10-30-19(25-16)26-18(28)14-4-2-13(3-5-14)9-29-11-20(21,22)23/h2-7,10H,8-9,11H2,1H3,(H,24,27)(H,25,26,28). The minimum Gasteiger partial charge on any atom is -0.367 e. The summed E-state index contributed by atoms with van der Waals surface area (Å²) in [5, 5.41) is 7.70. The van der Waals surface area contributed by atoms with E-state index < -0.39 is 12.8 Å². The third-order valence-corrected chi connectivity index (χ3v) is 5.77. The van der Waals surface area contributed by atoms with Gasteiger partial charge in [-0.2, -0.15) is 13.2 Å². The summed E-state index contributed by atoms with van der Waals surface area (Å²) < 4.78 is 40.9. The monoisotopic (exact) mass is 469 g/mol. The molecule has 0 aliphatic rings. The summed E-state index contributed by atoms with van der Waals surface area (Å²) in [6, 6.07) is 9.94. The number of rotatable bonds is 8. The maximum absolute atomic E-state index is 12.4. The average Bonchev–Trinajstić information content (AvgIpc) is 3.35. The largest absolute Gasteiger partial charge is 0.411 e. The van der Waals surface area contributed by atoms with Gasteiger partial charge in [0.25, 0.3) is 5.91 Å². The lowest BCUT2D eigenvalue weighted by atomic mass is 10.1. The second-order valence-corrected chi connectivity index (χ2v) is 8.50. The average molecular weight is 470 g/mol. The van der Waals surface area contributed by atoms with Crippen molar-refractivity contribution in [1.29, 1.82) is 0 Å². The summed E-state index contributed by atoms with van der Waals surface area (Å²) >= 11 is 2.78. The number of nitrogens with zero attached hydrogens (tertiary/aromatic N) is 1. The third kappa shape index (κ3) is 7.16. The Morgan fingerprint density at radius 3 is 2.55 bits per heavy atom. The van der Waals surface area contributed by atoms with Gasteiger partial charge < -0.3 is 10.1 Å². The molecule has 2 N–H and O–H groups in total. The molecule has 3 rings (SSSR count). The van der Waals surface area contributed by atoms with Gasteiger partial charge >= 0.3 is 6.18 Å². The number of aromatic nitrogens is 1. The Bertz CT molecular complexity index is 1050. The molecule has 2 amide bonds. The van der Waals surface area contributed by atoms with Crippen LogP contribution in [0.4, 0.5) is 18.3 Å². The van der Waals surface area contributed by atoms with Gasteiger partial charge in [0.15, 0.2) is 5.13 Å². The maximum atomic E-state index is 12.4. The Morgan fingerprint density at radius 2 is 1.87 bits per heavy atom. The number of benzene rings is 1. The van der Waals surface area contributed by atoms with Crippen LogP contribution in [-0.2, 0) is 22.7 Å². The molecule has 1 aromatic carbocycles. The van der Waals surface area contributed by atoms with Crippen molar-refractivity contribution in [2.24, 2.45) is 0 Å². The molecule has 164 valence electrons. The van der Waals surface area contributed by atoms with Gasteiger partial charge in [-0.15, -0.1) is 22.7 Å². The summed E-state index contributed by atoms with van der Waals surface area (Å²) in [6.45, 7) is 0.396. The molecule has 0 radical (unpaired) electrons. The highest BCUT2D eigenvalue weighted by molar-refractivity contribution is 7.17. The number of ether oxygens (including phenoxy) is 1. The maximum Gasteiger partial charge on any atom is 0.411 e. The van der Waals surface area contributed by atoms with Crippen LogP contribution in [0.25, 0.3) is 10.6 Å². The number of nitrogens with one attached hydrogen (secondary N) is 2. The molecule has 0 atom stereocenters. The highest BCUT2D eigenvalue weighted by atomic mass is 32.1. The van der Waals surface area contributed by atoms with Gasteiger partial charge in [-0.05, 0) is 29.8 Å². The fourth-order valence-electron chi connectivity index (χ4n) is 2.47. The van der Waals surface area contributed by atoms with E-state index in [1.54, 1.807) is 12.1 Å². The normalized spacial score (nSPS) is 11.4. The fraction of sp³-hybridized carbons (Fsp3) is 0.250. The fourth-order valence-corrected chi connectivity index (χ4v) is 4.16. The number of hydrogen-bond acceptors (Lipinski definition) is 6. The summed E-state index contributed by atoms with van der Waals surface area (Å²) in [7, 11) is 0. The summed E-state index contributed by atoms with van der Waals surface area (Å²) in [4.78, 5) is 29.7. The molecule has 0 aliphatic heterocycles. The number of amides is 2. The van der Waals surface area contributed by atoms with Crippen molar-refractivity contribution in [1.82, 2.24) is 10.3 Å². The smallest absolute Gasteiger partial charge is 0.367 e. The van der Waals surface area contributed by atoms with E-state index in [0.717, 1.165) is 15.4 Å². The number of carbonyl (C=O) groups is 2. The predicted molar refractivity (Wildman–Crippen MR) is 113 cm³/mol. The van der Waals surface area contributed by atoms with Gasteiger partial charge in [0, 0.05) is 22.7 Å². The molecule has 0 saturated heterocycles. The zero-order valence-corrected chi connectivity index (χ0v) is 17.9. The zero-order valence-electron chi connectivity index (χ0n) is 16.3. The Hall–Kier alpha value is -2.76. The SMILES string of the molecule is CC(=O)NCc1ccc(-c2csc(NC(=O)c3ccc(COCC(F)(F)F)cc3)n2)s1. The minimum absolute atomic E-state index is 0.101. The van der Waals surface area contributed by atoms with Crippen LogP contribution in [0.5, 0.6) is 0 Å². The first-order valence-electron chi connectivity index (χ1n) is 9.03. The van der Waals surface area contributed by atoms with E-state index in [1.807, 2.05) is 17.5 Å². The van der Waals surface area contributed by atoms with Crippen molar-refractivity contribution in [3.63, 3.8) is 0 Å². The molecule has 2 heterocycles. The van der Waals surface area contributed by atoms with Crippen molar-refractivity contribution in [3.05, 3.63) is 57.8 Å². The summed E-state index contributed by atoms with van der Waals surface area (Å²) in [5.74, 6) is -0.475. The van der Waals surface area contributed by atoms with Gasteiger partial charge in [0.1, 0.15) is 6.61 Å². The van der Waals surface area contributed by atoms with E-state index >= 15 is 0 Å². The Balaban J connectivity index is 1.55. The van der Waals surface area contributed by atoms with Crippen LogP contribution in [-0.4, -0.2) is 29.6 Å². The van der Waals surface area contributed by atoms with Crippen LogP contribution in [0.15, 0.2) is 41.8 Å². The molecule has 0 bridgehead atoms. The molecule has 0 fully saturated rings. The lowest BCUT2D eigenvalue weighted by Gasteiger charge is -2.08. The molecule has 6 nitrogen and oxygen atoms in total. The van der Waals surface area contributed by atoms with Crippen LogP contribution in [0.1, 0.15) is 27.7 Å². The van der Waals surface area contributed by atoms with Gasteiger partial charge in [-0.25, -0.2) is 4.98 Å². The number of alkyl halides is 3. The lowest BCUT2D eigenvalue weighted by Crippen LogP contribution is -2.17. The van der Waals surface area contributed by atoms with Gasteiger partial charge in [-0.1, -0.05) is 12.1 Å². The van der Waals surface area contributed by atoms with E-state index in [4.69, 9.17) is 0 Å². The topological polar surface area (TPSA) is 80.3 Å². The summed E-state index contributed by atoms with van der Waals surface area (Å²) in [5.41, 5.74) is 1.60. The van der Waals surface area contributed by atoms with Crippen LogP contribution >= 0.6 is 22.7 Å². The quantitative estimate of drug-likeness (QED) is 0.495. The van der Waals surface area contributed by atoms with E-state index in [-0.39, 0.29) is 18.4 Å². The van der Waals surface area contributed by atoms with E-state index in [0.29, 0.717) is 22.8 Å². The molecular weight excluding hydrogens is 451 g/mol. The summed E-state index contributed by atoms with van der Waals surface area (Å²) in [6.07, 6.45) is -4.37. The molecule has 0 saturated carbocycles. The number of hydrogen-bond donors (Lipinski definition) is 2.